The third kappa shape index (κ3) is 4.41. The van der Waals surface area contributed by atoms with Crippen LogP contribution in [0, 0.1) is 6.92 Å². The maximum atomic E-state index is 11.6. The van der Waals surface area contributed by atoms with E-state index in [1.165, 1.54) is 0 Å². The average molecular weight is 433 g/mol. The second-order valence-corrected chi connectivity index (χ2v) is 7.47. The largest absolute Gasteiger partial charge is 0.344 e. The van der Waals surface area contributed by atoms with Crippen molar-refractivity contribution in [3.05, 3.63) is 83.1 Å². The Morgan fingerprint density at radius 3 is 2.87 bits per heavy atom. The zero-order valence-electron chi connectivity index (χ0n) is 17.1. The highest BCUT2D eigenvalue weighted by molar-refractivity contribution is 6.30. The number of benzene rings is 1. The van der Waals surface area contributed by atoms with Crippen LogP contribution in [0.3, 0.4) is 0 Å². The van der Waals surface area contributed by atoms with Crippen LogP contribution in [0.15, 0.2) is 61.2 Å². The maximum absolute atomic E-state index is 11.6. The van der Waals surface area contributed by atoms with Gasteiger partial charge in [-0.15, -0.1) is 0 Å². The summed E-state index contributed by atoms with van der Waals surface area (Å²) in [7, 11) is 0. The molecule has 4 aromatic rings. The molecule has 4 rings (SSSR count). The summed E-state index contributed by atoms with van der Waals surface area (Å²) in [6, 6.07) is 7.45. The molecule has 1 aromatic carbocycles. The van der Waals surface area contributed by atoms with E-state index in [2.05, 4.69) is 20.2 Å². The molecule has 0 aliphatic heterocycles. The van der Waals surface area contributed by atoms with Crippen LogP contribution in [0.4, 0.5) is 0 Å². The van der Waals surface area contributed by atoms with Crippen molar-refractivity contribution in [3.8, 4) is 11.3 Å². The summed E-state index contributed by atoms with van der Waals surface area (Å²) in [5, 5.41) is 7.63. The van der Waals surface area contributed by atoms with Crippen molar-refractivity contribution in [1.29, 1.82) is 0 Å². The van der Waals surface area contributed by atoms with Gasteiger partial charge in [0, 0.05) is 34.2 Å². The van der Waals surface area contributed by atoms with Gasteiger partial charge in [0.1, 0.15) is 5.52 Å². The van der Waals surface area contributed by atoms with E-state index >= 15 is 0 Å². The molecule has 1 amide bonds. The lowest BCUT2D eigenvalue weighted by Gasteiger charge is -2.13. The van der Waals surface area contributed by atoms with Crippen LogP contribution in [0.25, 0.3) is 28.0 Å². The molecule has 0 atom stereocenters. The van der Waals surface area contributed by atoms with Crippen LogP contribution in [-0.4, -0.2) is 36.5 Å². The van der Waals surface area contributed by atoms with E-state index in [4.69, 9.17) is 16.6 Å². The molecule has 8 heteroatoms. The lowest BCUT2D eigenvalue weighted by atomic mass is 10.1. The number of fused-ring (bicyclic) bond motifs is 1. The first-order valence-corrected chi connectivity index (χ1v) is 10.1. The quantitative estimate of drug-likeness (QED) is 0.321. The van der Waals surface area contributed by atoms with E-state index in [9.17, 15) is 4.79 Å². The van der Waals surface area contributed by atoms with Crippen molar-refractivity contribution in [2.24, 2.45) is 0 Å². The molecule has 0 bridgehead atoms. The number of aryl methyl sites for hydroxylation is 1. The Labute approximate surface area is 184 Å². The molecule has 0 aliphatic rings. The van der Waals surface area contributed by atoms with Crippen molar-refractivity contribution in [2.45, 2.75) is 20.4 Å². The number of carbonyl (C=O) groups excluding carboxylic acids is 1. The van der Waals surface area contributed by atoms with Gasteiger partial charge < -0.3 is 9.88 Å². The zero-order valence-corrected chi connectivity index (χ0v) is 17.9. The second kappa shape index (κ2) is 8.97. The van der Waals surface area contributed by atoms with E-state index in [-0.39, 0.29) is 0 Å². The molecular weight excluding hydrogens is 412 g/mol. The summed E-state index contributed by atoms with van der Waals surface area (Å²) in [6.45, 7) is 4.31. The van der Waals surface area contributed by atoms with Gasteiger partial charge in [-0.25, -0.2) is 9.97 Å². The summed E-state index contributed by atoms with van der Waals surface area (Å²) in [4.78, 5) is 25.6. The Morgan fingerprint density at radius 1 is 1.29 bits per heavy atom. The number of H-pyrrole nitrogens is 2. The third-order valence-corrected chi connectivity index (χ3v) is 5.18. The molecule has 0 aliphatic carbocycles. The molecule has 0 unspecified atom stereocenters. The number of hydrogen-bond donors (Lipinski definition) is 2. The Bertz CT molecular complexity index is 1290. The van der Waals surface area contributed by atoms with Crippen LogP contribution in [0.1, 0.15) is 23.7 Å². The monoisotopic (exact) mass is 432 g/mol. The maximum Gasteiger partial charge on any atom is 0.213 e. The first kappa shape index (κ1) is 20.6. The van der Waals surface area contributed by atoms with Crippen molar-refractivity contribution in [1.82, 2.24) is 30.0 Å². The smallest absolute Gasteiger partial charge is 0.213 e. The topological polar surface area (TPSA) is 90.6 Å². The number of halogens is 1. The predicted octanol–water partition coefficient (Wildman–Crippen LogP) is 4.89. The van der Waals surface area contributed by atoms with Crippen molar-refractivity contribution in [2.75, 3.05) is 0 Å². The summed E-state index contributed by atoms with van der Waals surface area (Å²) in [5.41, 5.74) is 6.80. The number of aromatic nitrogens is 5. The molecular formula is C23H21ClN6O. The van der Waals surface area contributed by atoms with E-state index in [0.29, 0.717) is 17.2 Å². The van der Waals surface area contributed by atoms with Crippen molar-refractivity contribution in [3.63, 3.8) is 0 Å². The lowest BCUT2D eigenvalue weighted by Crippen LogP contribution is -2.14. The average Bonchev–Trinajstić information content (AvgIpc) is 3.39. The minimum Gasteiger partial charge on any atom is -0.344 e. The summed E-state index contributed by atoms with van der Waals surface area (Å²) >= 11 is 6.05. The highest BCUT2D eigenvalue weighted by atomic mass is 35.5. The highest BCUT2D eigenvalue weighted by Gasteiger charge is 2.13. The molecule has 3 heterocycles. The SMILES string of the molecule is C/C=C(\C=C/N(C=O)Cc1cccc(Cl)c1)c1c[nH]c2ncc(-c3cn[nH]c3C)nc12. The van der Waals surface area contributed by atoms with Crippen LogP contribution in [0.2, 0.25) is 5.02 Å². The Morgan fingerprint density at radius 2 is 2.16 bits per heavy atom. The van der Waals surface area contributed by atoms with E-state index < -0.39 is 0 Å². The fourth-order valence-electron chi connectivity index (χ4n) is 3.34. The van der Waals surface area contributed by atoms with Gasteiger partial charge in [0.15, 0.2) is 5.65 Å². The van der Waals surface area contributed by atoms with Crippen molar-refractivity contribution >= 4 is 34.7 Å². The molecule has 0 saturated heterocycles. The number of carbonyl (C=O) groups is 1. The van der Waals surface area contributed by atoms with Crippen LogP contribution >= 0.6 is 11.6 Å². The molecule has 0 fully saturated rings. The lowest BCUT2D eigenvalue weighted by molar-refractivity contribution is -0.116. The van der Waals surface area contributed by atoms with E-state index in [0.717, 1.165) is 45.6 Å². The fourth-order valence-corrected chi connectivity index (χ4v) is 3.55. The Balaban J connectivity index is 1.62. The van der Waals surface area contributed by atoms with Gasteiger partial charge in [-0.1, -0.05) is 29.8 Å². The standard InChI is InChI=1S/C23H21ClN6O/c1-3-17(7-8-30(14-31)13-16-5-4-6-18(24)9-16)20-10-25-23-22(20)28-21(12-26-23)19-11-27-29-15(19)2/h3-12,14H,13H2,1-2H3,(H,25,26)(H,27,29)/b8-7-,17-3+. The molecule has 156 valence electrons. The predicted molar refractivity (Wildman–Crippen MR) is 122 cm³/mol. The molecule has 7 nitrogen and oxygen atoms in total. The van der Waals surface area contributed by atoms with Gasteiger partial charge in [0.05, 0.1) is 24.6 Å². The minimum absolute atomic E-state index is 0.426. The number of nitrogens with one attached hydrogen (secondary N) is 2. The number of allylic oxidation sites excluding steroid dienone is 3. The molecule has 2 N–H and O–H groups in total. The third-order valence-electron chi connectivity index (χ3n) is 4.94. The van der Waals surface area contributed by atoms with Gasteiger partial charge in [-0.05, 0) is 43.2 Å². The van der Waals surface area contributed by atoms with E-state index in [1.54, 1.807) is 29.6 Å². The first-order chi connectivity index (χ1) is 15.1. The molecule has 3 aromatic heterocycles. The molecule has 0 radical (unpaired) electrons. The molecule has 0 spiro atoms. The van der Waals surface area contributed by atoms with Crippen LogP contribution in [-0.2, 0) is 11.3 Å². The van der Waals surface area contributed by atoms with Gasteiger partial charge in [0.2, 0.25) is 6.41 Å². The molecule has 31 heavy (non-hydrogen) atoms. The highest BCUT2D eigenvalue weighted by Crippen LogP contribution is 2.27. The van der Waals surface area contributed by atoms with Gasteiger partial charge in [-0.3, -0.25) is 9.89 Å². The number of amides is 1. The van der Waals surface area contributed by atoms with Gasteiger partial charge >= 0.3 is 0 Å². The number of hydrogen-bond acceptors (Lipinski definition) is 4. The molecule has 0 saturated carbocycles. The van der Waals surface area contributed by atoms with Gasteiger partial charge in [-0.2, -0.15) is 5.10 Å². The Hall–Kier alpha value is -3.71. The van der Waals surface area contributed by atoms with Crippen molar-refractivity contribution < 1.29 is 4.79 Å². The number of nitrogens with zero attached hydrogens (tertiary/aromatic N) is 4. The minimum atomic E-state index is 0.426. The van der Waals surface area contributed by atoms with Crippen LogP contribution in [0.5, 0.6) is 0 Å². The second-order valence-electron chi connectivity index (χ2n) is 7.03. The number of aromatic amines is 2. The summed E-state index contributed by atoms with van der Waals surface area (Å²) < 4.78 is 0. The Kier molecular flexibility index (Phi) is 5.95. The van der Waals surface area contributed by atoms with Gasteiger partial charge in [0.25, 0.3) is 0 Å². The first-order valence-electron chi connectivity index (χ1n) is 9.74. The summed E-state index contributed by atoms with van der Waals surface area (Å²) in [6.07, 6.45) is 11.7. The summed E-state index contributed by atoms with van der Waals surface area (Å²) in [5.74, 6) is 0. The van der Waals surface area contributed by atoms with E-state index in [1.807, 2.05) is 50.4 Å². The normalized spacial score (nSPS) is 12.0. The number of rotatable bonds is 7. The van der Waals surface area contributed by atoms with Crippen LogP contribution < -0.4 is 0 Å². The zero-order chi connectivity index (χ0) is 21.8. The fraction of sp³-hybridized carbons (Fsp3) is 0.130.